The Bertz CT molecular complexity index is 350. The summed E-state index contributed by atoms with van der Waals surface area (Å²) < 4.78 is 0. The van der Waals surface area contributed by atoms with E-state index in [0.717, 1.165) is 0 Å². The van der Waals surface area contributed by atoms with Crippen LogP contribution in [0.1, 0.15) is 5.56 Å². The number of hydrogen-bond donors (Lipinski definition) is 0. The van der Waals surface area contributed by atoms with Crippen molar-refractivity contribution in [2.45, 2.75) is 0 Å². The molecule has 3 heteroatoms. The van der Waals surface area contributed by atoms with Crippen LogP contribution in [0.25, 0.3) is 5.03 Å². The molecule has 0 radical (unpaired) electrons. The van der Waals surface area contributed by atoms with Crippen LogP contribution in [0.5, 0.6) is 0 Å². The van der Waals surface area contributed by atoms with E-state index in [1.807, 2.05) is 18.2 Å². The van der Waals surface area contributed by atoms with Gasteiger partial charge in [0.15, 0.2) is 0 Å². The van der Waals surface area contributed by atoms with Crippen molar-refractivity contribution < 1.29 is 0 Å². The Morgan fingerprint density at radius 1 is 1.42 bits per heavy atom. The molecular formula is C9H5Cl2N. The number of allylic oxidation sites excluding steroid dienone is 1. The molecule has 0 aliphatic heterocycles. The molecule has 60 valence electrons. The van der Waals surface area contributed by atoms with Crippen LogP contribution in [0.3, 0.4) is 0 Å². The third-order valence-corrected chi connectivity index (χ3v) is 1.96. The van der Waals surface area contributed by atoms with Gasteiger partial charge < -0.3 is 0 Å². The molecule has 1 nitrogen and oxygen atoms in total. The molecule has 0 aliphatic rings. The summed E-state index contributed by atoms with van der Waals surface area (Å²) in [5.74, 6) is 0. The van der Waals surface area contributed by atoms with Crippen molar-refractivity contribution in [2.75, 3.05) is 0 Å². The van der Waals surface area contributed by atoms with Crippen LogP contribution in [0.15, 0.2) is 30.3 Å². The SMILES string of the molecule is N#C/C=C(\Cl)c1ccccc1Cl. The lowest BCUT2D eigenvalue weighted by atomic mass is 10.2. The lowest BCUT2D eigenvalue weighted by molar-refractivity contribution is 1.53. The van der Waals surface area contributed by atoms with Gasteiger partial charge in [-0.05, 0) is 6.07 Å². The minimum Gasteiger partial charge on any atom is -0.193 e. The van der Waals surface area contributed by atoms with E-state index in [0.29, 0.717) is 15.6 Å². The molecule has 0 amide bonds. The van der Waals surface area contributed by atoms with Crippen LogP contribution in [0.4, 0.5) is 0 Å². The molecule has 12 heavy (non-hydrogen) atoms. The van der Waals surface area contributed by atoms with Crippen molar-refractivity contribution in [3.8, 4) is 6.07 Å². The summed E-state index contributed by atoms with van der Waals surface area (Å²) in [5.41, 5.74) is 0.683. The van der Waals surface area contributed by atoms with E-state index in [2.05, 4.69) is 0 Å². The number of rotatable bonds is 1. The summed E-state index contributed by atoms with van der Waals surface area (Å²) in [6, 6.07) is 8.95. The van der Waals surface area contributed by atoms with E-state index in [4.69, 9.17) is 28.5 Å². The molecule has 0 aromatic heterocycles. The first kappa shape index (κ1) is 9.12. The molecule has 1 aromatic rings. The van der Waals surface area contributed by atoms with Crippen molar-refractivity contribution in [2.24, 2.45) is 0 Å². The highest BCUT2D eigenvalue weighted by molar-refractivity contribution is 6.50. The summed E-state index contributed by atoms with van der Waals surface area (Å²) in [6.45, 7) is 0. The van der Waals surface area contributed by atoms with Gasteiger partial charge in [-0.2, -0.15) is 5.26 Å². The molecule has 0 saturated heterocycles. The Balaban J connectivity index is 3.13. The molecular weight excluding hydrogens is 193 g/mol. The number of benzene rings is 1. The van der Waals surface area contributed by atoms with Gasteiger partial charge in [0, 0.05) is 16.7 Å². The van der Waals surface area contributed by atoms with Crippen molar-refractivity contribution in [3.05, 3.63) is 40.9 Å². The second-order valence-electron chi connectivity index (χ2n) is 2.10. The monoisotopic (exact) mass is 197 g/mol. The van der Waals surface area contributed by atoms with Crippen molar-refractivity contribution >= 4 is 28.2 Å². The fourth-order valence-electron chi connectivity index (χ4n) is 0.789. The Morgan fingerprint density at radius 3 is 2.67 bits per heavy atom. The van der Waals surface area contributed by atoms with E-state index < -0.39 is 0 Å². The minimum absolute atomic E-state index is 0.364. The van der Waals surface area contributed by atoms with Crippen LogP contribution < -0.4 is 0 Å². The highest BCUT2D eigenvalue weighted by Crippen LogP contribution is 2.25. The molecule has 0 unspecified atom stereocenters. The topological polar surface area (TPSA) is 23.8 Å². The second kappa shape index (κ2) is 4.15. The maximum atomic E-state index is 8.33. The summed E-state index contributed by atoms with van der Waals surface area (Å²) in [4.78, 5) is 0. The second-order valence-corrected chi connectivity index (χ2v) is 2.92. The summed E-state index contributed by atoms with van der Waals surface area (Å²) in [5, 5.41) is 9.25. The fourth-order valence-corrected chi connectivity index (χ4v) is 1.29. The first-order chi connectivity index (χ1) is 5.75. The Labute approximate surface area is 80.8 Å². The van der Waals surface area contributed by atoms with Crippen LogP contribution in [0, 0.1) is 11.3 Å². The molecule has 0 aliphatic carbocycles. The average molecular weight is 198 g/mol. The zero-order chi connectivity index (χ0) is 8.97. The van der Waals surface area contributed by atoms with E-state index in [9.17, 15) is 0 Å². The third-order valence-electron chi connectivity index (χ3n) is 1.32. The van der Waals surface area contributed by atoms with Gasteiger partial charge >= 0.3 is 0 Å². The zero-order valence-corrected chi connectivity index (χ0v) is 7.60. The van der Waals surface area contributed by atoms with Gasteiger partial charge in [0.25, 0.3) is 0 Å². The Kier molecular flexibility index (Phi) is 3.16. The molecule has 0 atom stereocenters. The maximum absolute atomic E-state index is 8.33. The van der Waals surface area contributed by atoms with Crippen molar-refractivity contribution in [1.82, 2.24) is 0 Å². The van der Waals surface area contributed by atoms with Crippen LogP contribution in [-0.4, -0.2) is 0 Å². The van der Waals surface area contributed by atoms with Gasteiger partial charge in [-0.3, -0.25) is 0 Å². The fraction of sp³-hybridized carbons (Fsp3) is 0. The summed E-state index contributed by atoms with van der Waals surface area (Å²) in [6.07, 6.45) is 1.25. The van der Waals surface area contributed by atoms with Gasteiger partial charge in [-0.1, -0.05) is 41.4 Å². The number of halogens is 2. The maximum Gasteiger partial charge on any atom is 0.0927 e. The van der Waals surface area contributed by atoms with Crippen LogP contribution in [-0.2, 0) is 0 Å². The minimum atomic E-state index is 0.364. The standard InChI is InChI=1S/C9H5Cl2N/c10-8-4-2-1-3-7(8)9(11)5-6-12/h1-5H/b9-5-. The highest BCUT2D eigenvalue weighted by atomic mass is 35.5. The van der Waals surface area contributed by atoms with Crippen LogP contribution >= 0.6 is 23.2 Å². The van der Waals surface area contributed by atoms with E-state index >= 15 is 0 Å². The predicted molar refractivity (Wildman–Crippen MR) is 50.9 cm³/mol. The summed E-state index contributed by atoms with van der Waals surface area (Å²) in [7, 11) is 0. The molecule has 1 rings (SSSR count). The molecule has 1 aromatic carbocycles. The van der Waals surface area contributed by atoms with Crippen molar-refractivity contribution in [3.63, 3.8) is 0 Å². The first-order valence-corrected chi connectivity index (χ1v) is 4.01. The molecule has 0 spiro atoms. The number of hydrogen-bond acceptors (Lipinski definition) is 1. The van der Waals surface area contributed by atoms with Gasteiger partial charge in [-0.25, -0.2) is 0 Å². The normalized spacial score (nSPS) is 10.9. The lowest BCUT2D eigenvalue weighted by Gasteiger charge is -1.99. The molecule has 0 N–H and O–H groups in total. The average Bonchev–Trinajstić information content (AvgIpc) is 2.05. The molecule has 0 fully saturated rings. The predicted octanol–water partition coefficient (Wildman–Crippen LogP) is 3.44. The Hall–Kier alpha value is -0.970. The zero-order valence-electron chi connectivity index (χ0n) is 6.09. The lowest BCUT2D eigenvalue weighted by Crippen LogP contribution is -1.77. The third kappa shape index (κ3) is 2.01. The van der Waals surface area contributed by atoms with E-state index in [-0.39, 0.29) is 0 Å². The van der Waals surface area contributed by atoms with E-state index in [1.54, 1.807) is 12.1 Å². The van der Waals surface area contributed by atoms with Gasteiger partial charge in [-0.15, -0.1) is 0 Å². The summed E-state index contributed by atoms with van der Waals surface area (Å²) >= 11 is 11.6. The number of nitriles is 1. The van der Waals surface area contributed by atoms with Gasteiger partial charge in [0.1, 0.15) is 0 Å². The quantitative estimate of drug-likeness (QED) is 0.634. The number of nitrogens with zero attached hydrogens (tertiary/aromatic N) is 1. The molecule has 0 heterocycles. The smallest absolute Gasteiger partial charge is 0.0927 e. The van der Waals surface area contributed by atoms with Gasteiger partial charge in [0.2, 0.25) is 0 Å². The van der Waals surface area contributed by atoms with E-state index in [1.165, 1.54) is 6.08 Å². The Morgan fingerprint density at radius 2 is 2.08 bits per heavy atom. The first-order valence-electron chi connectivity index (χ1n) is 3.26. The van der Waals surface area contributed by atoms with Crippen molar-refractivity contribution in [1.29, 1.82) is 5.26 Å². The van der Waals surface area contributed by atoms with Gasteiger partial charge in [0.05, 0.1) is 11.1 Å². The molecule has 0 saturated carbocycles. The highest BCUT2D eigenvalue weighted by Gasteiger charge is 2.01. The van der Waals surface area contributed by atoms with Crippen LogP contribution in [0.2, 0.25) is 5.02 Å². The molecule has 0 bridgehead atoms. The largest absolute Gasteiger partial charge is 0.193 e.